The second-order valence-corrected chi connectivity index (χ2v) is 7.75. The average molecular weight is 492 g/mol. The van der Waals surface area contributed by atoms with Crippen LogP contribution in [0.3, 0.4) is 0 Å². The van der Waals surface area contributed by atoms with Crippen LogP contribution in [0.25, 0.3) is 32.7 Å². The number of rotatable bonds is 2. The van der Waals surface area contributed by atoms with Crippen molar-refractivity contribution in [2.24, 2.45) is 14.1 Å². The number of aryl methyl sites for hydroxylation is 2. The molecule has 0 aliphatic carbocycles. The molecule has 6 rings (SSSR count). The molecular formula is C23H25N9O4. The summed E-state index contributed by atoms with van der Waals surface area (Å²) in [4.78, 5) is 20.0. The van der Waals surface area contributed by atoms with Gasteiger partial charge >= 0.3 is 0 Å². The number of nitrogens with one attached hydrogen (secondary N) is 1. The number of aromatic amines is 1. The highest BCUT2D eigenvalue weighted by Gasteiger charge is 2.08. The summed E-state index contributed by atoms with van der Waals surface area (Å²) in [5.41, 5.74) is 9.09. The van der Waals surface area contributed by atoms with Gasteiger partial charge in [-0.2, -0.15) is 15.3 Å². The molecule has 0 amide bonds. The van der Waals surface area contributed by atoms with Crippen molar-refractivity contribution in [1.82, 2.24) is 29.8 Å². The van der Waals surface area contributed by atoms with Gasteiger partial charge in [-0.25, -0.2) is 0 Å². The largest absolute Gasteiger partial charge is 0.399 e. The Morgan fingerprint density at radius 2 is 1.31 bits per heavy atom. The van der Waals surface area contributed by atoms with Crippen LogP contribution in [0.4, 0.5) is 17.1 Å². The fourth-order valence-electron chi connectivity index (χ4n) is 3.45. The summed E-state index contributed by atoms with van der Waals surface area (Å²) in [5, 5.41) is 38.2. The zero-order valence-corrected chi connectivity index (χ0v) is 19.3. The Bertz CT molecular complexity index is 1710. The number of hydrogen-bond donors (Lipinski definition) is 2. The summed E-state index contributed by atoms with van der Waals surface area (Å²) in [6.45, 7) is 0. The van der Waals surface area contributed by atoms with E-state index in [-0.39, 0.29) is 14.2 Å². The van der Waals surface area contributed by atoms with Crippen molar-refractivity contribution >= 4 is 49.8 Å². The van der Waals surface area contributed by atoms with Crippen LogP contribution in [-0.2, 0) is 14.1 Å². The van der Waals surface area contributed by atoms with E-state index in [0.717, 1.165) is 32.9 Å². The van der Waals surface area contributed by atoms with Crippen molar-refractivity contribution in [3.63, 3.8) is 0 Å². The van der Waals surface area contributed by atoms with Crippen molar-refractivity contribution in [3.8, 4) is 0 Å². The van der Waals surface area contributed by atoms with Gasteiger partial charge < -0.3 is 5.73 Å². The van der Waals surface area contributed by atoms with E-state index in [1.165, 1.54) is 24.3 Å². The predicted octanol–water partition coefficient (Wildman–Crippen LogP) is 4.60. The molecule has 0 saturated carbocycles. The molecule has 0 aliphatic rings. The van der Waals surface area contributed by atoms with E-state index in [2.05, 4.69) is 20.4 Å². The van der Waals surface area contributed by atoms with Crippen LogP contribution in [0.1, 0.15) is 2.85 Å². The molecule has 0 spiro atoms. The highest BCUT2D eigenvalue weighted by molar-refractivity contribution is 5.82. The first-order valence-electron chi connectivity index (χ1n) is 10.5. The minimum Gasteiger partial charge on any atom is -0.399 e. The lowest BCUT2D eigenvalue weighted by molar-refractivity contribution is -0.384. The Labute approximate surface area is 206 Å². The van der Waals surface area contributed by atoms with Crippen LogP contribution in [0.15, 0.2) is 73.2 Å². The summed E-state index contributed by atoms with van der Waals surface area (Å²) >= 11 is 0. The number of nitrogen functional groups attached to an aromatic ring is 1. The second-order valence-electron chi connectivity index (χ2n) is 7.75. The van der Waals surface area contributed by atoms with E-state index < -0.39 is 9.85 Å². The standard InChI is InChI=1S/C8H7N3O2.C8H9N3.C7H5N3O2.2H2/c1-10-8-4-7(11(12)13)3-2-6(8)5-9-10;1-11-8-4-7(9)3-2-6(8)5-10-11;11-10(12)6-2-1-5-4-8-9-7(5)3-6;;/h2-5H,1H3;2-5H,9H2,1H3;1-4H,(H,8,9);2*1H. The van der Waals surface area contributed by atoms with Gasteiger partial charge in [0, 0.05) is 63.1 Å². The fourth-order valence-corrected chi connectivity index (χ4v) is 3.45. The molecule has 0 fully saturated rings. The van der Waals surface area contributed by atoms with Gasteiger partial charge in [0.25, 0.3) is 11.4 Å². The lowest BCUT2D eigenvalue weighted by Gasteiger charge is -1.94. The molecule has 186 valence electrons. The maximum Gasteiger partial charge on any atom is 0.271 e. The van der Waals surface area contributed by atoms with E-state index in [1.807, 2.05) is 36.1 Å². The van der Waals surface area contributed by atoms with E-state index in [9.17, 15) is 20.2 Å². The first-order chi connectivity index (χ1) is 17.2. The summed E-state index contributed by atoms with van der Waals surface area (Å²) < 4.78 is 3.42. The molecule has 0 unspecified atom stereocenters. The number of anilines is 1. The summed E-state index contributed by atoms with van der Waals surface area (Å²) in [5.74, 6) is 0. The van der Waals surface area contributed by atoms with Crippen LogP contribution in [-0.4, -0.2) is 39.6 Å². The lowest BCUT2D eigenvalue weighted by atomic mass is 10.2. The summed E-state index contributed by atoms with van der Waals surface area (Å²) in [6, 6.07) is 15.0. The molecular weight excluding hydrogens is 466 g/mol. The minimum atomic E-state index is -0.430. The van der Waals surface area contributed by atoms with Crippen LogP contribution in [0.5, 0.6) is 0 Å². The average Bonchev–Trinajstić information content (AvgIpc) is 3.58. The zero-order valence-electron chi connectivity index (χ0n) is 19.3. The fraction of sp³-hybridized carbons (Fsp3) is 0.0870. The van der Waals surface area contributed by atoms with E-state index >= 15 is 0 Å². The van der Waals surface area contributed by atoms with E-state index in [1.54, 1.807) is 36.3 Å². The number of nitrogens with two attached hydrogens (primary N) is 1. The number of nitro groups is 2. The molecule has 3 aromatic carbocycles. The maximum atomic E-state index is 10.5. The van der Waals surface area contributed by atoms with Crippen LogP contribution >= 0.6 is 0 Å². The number of non-ortho nitro benzene ring substituents is 2. The quantitative estimate of drug-likeness (QED) is 0.200. The normalized spacial score (nSPS) is 10.5. The SMILES string of the molecule is Cn1ncc2ccc(N)cc21.Cn1ncc2ccc([N+](=O)[O-])cc21.O=[N+]([O-])c1ccc2cn[nH]c2c1.[HH].[HH]. The summed E-state index contributed by atoms with van der Waals surface area (Å²) in [6.07, 6.45) is 5.13. The maximum absolute atomic E-state index is 10.5. The molecule has 0 saturated heterocycles. The van der Waals surface area contributed by atoms with Crippen molar-refractivity contribution in [2.45, 2.75) is 0 Å². The number of nitro benzene ring substituents is 2. The molecule has 0 bridgehead atoms. The number of aromatic nitrogens is 6. The van der Waals surface area contributed by atoms with Gasteiger partial charge in [0.2, 0.25) is 0 Å². The van der Waals surface area contributed by atoms with Gasteiger partial charge in [-0.1, -0.05) is 0 Å². The molecule has 13 heteroatoms. The molecule has 3 aromatic heterocycles. The third kappa shape index (κ3) is 5.09. The number of H-pyrrole nitrogens is 1. The van der Waals surface area contributed by atoms with Gasteiger partial charge in [-0.3, -0.25) is 34.7 Å². The molecule has 0 aliphatic heterocycles. The minimum absolute atomic E-state index is 0. The van der Waals surface area contributed by atoms with Gasteiger partial charge in [-0.05, 0) is 30.3 Å². The monoisotopic (exact) mass is 491 g/mol. The molecule has 3 N–H and O–H groups in total. The molecule has 0 atom stereocenters. The molecule has 6 aromatic rings. The van der Waals surface area contributed by atoms with Crippen molar-refractivity contribution in [3.05, 3.63) is 93.4 Å². The third-order valence-electron chi connectivity index (χ3n) is 5.35. The van der Waals surface area contributed by atoms with E-state index in [4.69, 9.17) is 5.73 Å². The Morgan fingerprint density at radius 1 is 0.778 bits per heavy atom. The van der Waals surface area contributed by atoms with Crippen LogP contribution < -0.4 is 5.73 Å². The first kappa shape index (κ1) is 23.8. The lowest BCUT2D eigenvalue weighted by Crippen LogP contribution is -1.91. The Kier molecular flexibility index (Phi) is 6.54. The first-order valence-corrected chi connectivity index (χ1v) is 10.5. The molecule has 0 radical (unpaired) electrons. The molecule has 36 heavy (non-hydrogen) atoms. The molecule has 3 heterocycles. The number of nitrogens with zero attached hydrogens (tertiary/aromatic N) is 7. The van der Waals surface area contributed by atoms with E-state index in [0.29, 0.717) is 5.52 Å². The van der Waals surface area contributed by atoms with Crippen LogP contribution in [0.2, 0.25) is 0 Å². The smallest absolute Gasteiger partial charge is 0.271 e. The molecule has 13 nitrogen and oxygen atoms in total. The van der Waals surface area contributed by atoms with Gasteiger partial charge in [0.05, 0.1) is 45.0 Å². The Hall–Kier alpha value is -5.33. The van der Waals surface area contributed by atoms with Crippen molar-refractivity contribution in [2.75, 3.05) is 5.73 Å². The number of hydrogen-bond acceptors (Lipinski definition) is 8. The van der Waals surface area contributed by atoms with Gasteiger partial charge in [0.15, 0.2) is 0 Å². The topological polar surface area (TPSA) is 177 Å². The Morgan fingerprint density at radius 3 is 1.92 bits per heavy atom. The highest BCUT2D eigenvalue weighted by Crippen LogP contribution is 2.20. The predicted molar refractivity (Wildman–Crippen MR) is 139 cm³/mol. The van der Waals surface area contributed by atoms with Gasteiger partial charge in [0.1, 0.15) is 0 Å². The van der Waals surface area contributed by atoms with Gasteiger partial charge in [-0.15, -0.1) is 0 Å². The van der Waals surface area contributed by atoms with Crippen molar-refractivity contribution in [1.29, 1.82) is 0 Å². The third-order valence-corrected chi connectivity index (χ3v) is 5.35. The Balaban J connectivity index is 0.000000196. The summed E-state index contributed by atoms with van der Waals surface area (Å²) in [7, 11) is 3.66. The van der Waals surface area contributed by atoms with Crippen molar-refractivity contribution < 1.29 is 12.7 Å². The second kappa shape index (κ2) is 9.89. The number of benzene rings is 3. The zero-order chi connectivity index (χ0) is 25.8. The van der Waals surface area contributed by atoms with Crippen LogP contribution in [0, 0.1) is 20.2 Å². The highest BCUT2D eigenvalue weighted by atomic mass is 16.6. The number of fused-ring (bicyclic) bond motifs is 3.